The van der Waals surface area contributed by atoms with E-state index in [1.54, 1.807) is 0 Å². The molecule has 2 unspecified atom stereocenters. The molecule has 0 aliphatic rings. The number of carbonyl (C=O) groups is 2. The van der Waals surface area contributed by atoms with Gasteiger partial charge in [0.2, 0.25) is 0 Å². The van der Waals surface area contributed by atoms with Crippen LogP contribution in [0.2, 0.25) is 0 Å². The van der Waals surface area contributed by atoms with Crippen molar-refractivity contribution >= 4 is 11.9 Å². The van der Waals surface area contributed by atoms with Crippen molar-refractivity contribution in [1.82, 2.24) is 0 Å². The molecule has 0 saturated carbocycles. The number of aliphatic carboxylic acids is 2. The fourth-order valence-corrected chi connectivity index (χ4v) is 5.34. The minimum atomic E-state index is -0.687. The second kappa shape index (κ2) is 36.1. The highest BCUT2D eigenvalue weighted by Crippen LogP contribution is 2.16. The lowest BCUT2D eigenvalue weighted by Gasteiger charge is -2.10. The van der Waals surface area contributed by atoms with Crippen LogP contribution < -0.4 is 0 Å². The summed E-state index contributed by atoms with van der Waals surface area (Å²) in [7, 11) is 0. The van der Waals surface area contributed by atoms with Gasteiger partial charge in [-0.25, -0.2) is 0 Å². The van der Waals surface area contributed by atoms with Crippen LogP contribution >= 0.6 is 0 Å². The highest BCUT2D eigenvalue weighted by atomic mass is 16.4. The largest absolute Gasteiger partial charge is 0.481 e. The third-order valence-corrected chi connectivity index (χ3v) is 8.14. The molecular weight excluding hydrogens is 528 g/mol. The van der Waals surface area contributed by atoms with E-state index < -0.39 is 11.9 Å². The number of rotatable bonds is 32. The summed E-state index contributed by atoms with van der Waals surface area (Å²) in [5.41, 5.74) is 0. The van der Waals surface area contributed by atoms with E-state index in [0.717, 1.165) is 77.0 Å². The molecule has 252 valence electrons. The van der Waals surface area contributed by atoms with Crippen LogP contribution in [0.1, 0.15) is 206 Å². The average Bonchev–Trinajstić information content (AvgIpc) is 2.95. The van der Waals surface area contributed by atoms with E-state index in [4.69, 9.17) is 10.2 Å². The number of hydrogen-bond donors (Lipinski definition) is 4. The van der Waals surface area contributed by atoms with Crippen molar-refractivity contribution in [2.75, 3.05) is 0 Å². The predicted molar refractivity (Wildman–Crippen MR) is 177 cm³/mol. The van der Waals surface area contributed by atoms with Crippen LogP contribution in [0.15, 0.2) is 0 Å². The Bertz CT molecular complexity index is 505. The maximum atomic E-state index is 10.3. The van der Waals surface area contributed by atoms with Crippen molar-refractivity contribution in [3.63, 3.8) is 0 Å². The van der Waals surface area contributed by atoms with Crippen LogP contribution in [0.5, 0.6) is 0 Å². The van der Waals surface area contributed by atoms with Crippen LogP contribution in [0.4, 0.5) is 0 Å². The zero-order valence-electron chi connectivity index (χ0n) is 28.0. The Balaban J connectivity index is 0. The standard InChI is InChI=1S/2C18H36O3/c2*1-2-3-4-5-8-11-14-17(19)15-12-9-6-7-10-13-16-18(20)21/h2*17,19H,2-16H2,1H3,(H,20,21). The Morgan fingerprint density at radius 3 is 0.833 bits per heavy atom. The molecule has 0 aromatic carbocycles. The van der Waals surface area contributed by atoms with E-state index in [-0.39, 0.29) is 12.2 Å². The third-order valence-electron chi connectivity index (χ3n) is 8.14. The number of aliphatic hydroxyl groups is 2. The molecular formula is C36H72O6. The Kier molecular flexibility index (Phi) is 36.9. The topological polar surface area (TPSA) is 115 Å². The van der Waals surface area contributed by atoms with E-state index in [9.17, 15) is 19.8 Å². The molecule has 6 nitrogen and oxygen atoms in total. The molecule has 0 bridgehead atoms. The molecule has 0 aliphatic heterocycles. The molecule has 0 radical (unpaired) electrons. The second-order valence-corrected chi connectivity index (χ2v) is 12.5. The van der Waals surface area contributed by atoms with Gasteiger partial charge in [0.05, 0.1) is 12.2 Å². The lowest BCUT2D eigenvalue weighted by atomic mass is 10.0. The Hall–Kier alpha value is -1.14. The Morgan fingerprint density at radius 2 is 0.595 bits per heavy atom. The first-order valence-corrected chi connectivity index (χ1v) is 18.1. The van der Waals surface area contributed by atoms with Crippen LogP contribution in [0, 0.1) is 0 Å². The van der Waals surface area contributed by atoms with Gasteiger partial charge in [0.25, 0.3) is 0 Å². The molecule has 0 fully saturated rings. The van der Waals surface area contributed by atoms with Gasteiger partial charge in [-0.15, -0.1) is 0 Å². The van der Waals surface area contributed by atoms with Crippen LogP contribution in [0.3, 0.4) is 0 Å². The van der Waals surface area contributed by atoms with Crippen molar-refractivity contribution < 1.29 is 30.0 Å². The summed E-state index contributed by atoms with van der Waals surface area (Å²) >= 11 is 0. The number of unbranched alkanes of at least 4 members (excludes halogenated alkanes) is 20. The van der Waals surface area contributed by atoms with Gasteiger partial charge in [0.15, 0.2) is 0 Å². The summed E-state index contributed by atoms with van der Waals surface area (Å²) in [5.74, 6) is -1.37. The van der Waals surface area contributed by atoms with Crippen molar-refractivity contribution in [3.05, 3.63) is 0 Å². The van der Waals surface area contributed by atoms with Gasteiger partial charge < -0.3 is 20.4 Å². The van der Waals surface area contributed by atoms with Crippen LogP contribution in [0.25, 0.3) is 0 Å². The van der Waals surface area contributed by atoms with Crippen molar-refractivity contribution in [2.24, 2.45) is 0 Å². The van der Waals surface area contributed by atoms with Crippen LogP contribution in [-0.2, 0) is 9.59 Å². The lowest BCUT2D eigenvalue weighted by molar-refractivity contribution is -0.138. The Morgan fingerprint density at radius 1 is 0.381 bits per heavy atom. The monoisotopic (exact) mass is 601 g/mol. The Labute approximate surface area is 260 Å². The molecule has 0 aromatic heterocycles. The number of aliphatic hydroxyl groups excluding tert-OH is 2. The maximum absolute atomic E-state index is 10.3. The first-order chi connectivity index (χ1) is 20.3. The predicted octanol–water partition coefficient (Wildman–Crippen LogP) is 10.6. The first kappa shape index (κ1) is 43.0. The second-order valence-electron chi connectivity index (χ2n) is 12.5. The fourth-order valence-electron chi connectivity index (χ4n) is 5.34. The van der Waals surface area contributed by atoms with E-state index in [2.05, 4.69) is 13.8 Å². The molecule has 0 aromatic rings. The minimum Gasteiger partial charge on any atom is -0.481 e. The summed E-state index contributed by atoms with van der Waals surface area (Å²) in [4.78, 5) is 20.7. The summed E-state index contributed by atoms with van der Waals surface area (Å²) < 4.78 is 0. The lowest BCUT2D eigenvalue weighted by Crippen LogP contribution is -2.05. The van der Waals surface area contributed by atoms with Gasteiger partial charge in [-0.2, -0.15) is 0 Å². The van der Waals surface area contributed by atoms with E-state index in [1.165, 1.54) is 103 Å². The first-order valence-electron chi connectivity index (χ1n) is 18.1. The van der Waals surface area contributed by atoms with E-state index in [0.29, 0.717) is 12.8 Å². The normalized spacial score (nSPS) is 12.5. The van der Waals surface area contributed by atoms with Gasteiger partial charge in [-0.1, -0.05) is 155 Å². The van der Waals surface area contributed by atoms with Gasteiger partial charge in [0, 0.05) is 12.8 Å². The number of hydrogen-bond acceptors (Lipinski definition) is 4. The van der Waals surface area contributed by atoms with Crippen molar-refractivity contribution in [1.29, 1.82) is 0 Å². The minimum absolute atomic E-state index is 0.108. The van der Waals surface area contributed by atoms with Crippen LogP contribution in [-0.4, -0.2) is 44.6 Å². The van der Waals surface area contributed by atoms with Gasteiger partial charge in [-0.3, -0.25) is 9.59 Å². The van der Waals surface area contributed by atoms with E-state index in [1.807, 2.05) is 0 Å². The quantitative estimate of drug-likeness (QED) is 0.0571. The van der Waals surface area contributed by atoms with Crippen molar-refractivity contribution in [2.45, 2.75) is 219 Å². The number of carboxylic acid groups (broad SMARTS) is 2. The van der Waals surface area contributed by atoms with Gasteiger partial charge >= 0.3 is 11.9 Å². The summed E-state index contributed by atoms with van der Waals surface area (Å²) in [5, 5.41) is 36.8. The highest BCUT2D eigenvalue weighted by molar-refractivity contribution is 5.66. The number of carboxylic acids is 2. The van der Waals surface area contributed by atoms with E-state index >= 15 is 0 Å². The van der Waals surface area contributed by atoms with Gasteiger partial charge in [-0.05, 0) is 38.5 Å². The zero-order chi connectivity index (χ0) is 31.5. The highest BCUT2D eigenvalue weighted by Gasteiger charge is 2.05. The SMILES string of the molecule is CCCCCCCCC(O)CCCCCCCCC(=O)O.CCCCCCCCC(O)CCCCCCCCC(=O)O. The molecule has 0 saturated heterocycles. The zero-order valence-corrected chi connectivity index (χ0v) is 28.0. The molecule has 0 rings (SSSR count). The average molecular weight is 601 g/mol. The molecule has 6 heteroatoms. The molecule has 2 atom stereocenters. The summed E-state index contributed by atoms with van der Waals surface area (Å²) in [6, 6.07) is 0. The maximum Gasteiger partial charge on any atom is 0.303 e. The third kappa shape index (κ3) is 41.0. The molecule has 0 spiro atoms. The molecule has 0 aliphatic carbocycles. The summed E-state index contributed by atoms with van der Waals surface area (Å²) in [6.07, 6.45) is 32.4. The van der Waals surface area contributed by atoms with Gasteiger partial charge in [0.1, 0.15) is 0 Å². The fraction of sp³-hybridized carbons (Fsp3) is 0.944. The molecule has 42 heavy (non-hydrogen) atoms. The molecule has 0 heterocycles. The smallest absolute Gasteiger partial charge is 0.303 e. The molecule has 0 amide bonds. The molecule has 4 N–H and O–H groups in total. The summed E-state index contributed by atoms with van der Waals surface area (Å²) in [6.45, 7) is 4.46. The van der Waals surface area contributed by atoms with Crippen molar-refractivity contribution in [3.8, 4) is 0 Å².